The third-order valence-corrected chi connectivity index (χ3v) is 1.41. The van der Waals surface area contributed by atoms with Crippen molar-refractivity contribution in [3.05, 3.63) is 22.7 Å². The smallest absolute Gasteiger partial charge is 0.550 e. The Hall–Kier alpha value is -0.373. The molecule has 0 aliphatic heterocycles. The number of aliphatic carboxylic acids is 1. The van der Waals surface area contributed by atoms with Gasteiger partial charge in [0.05, 0.1) is 18.1 Å². The predicted molar refractivity (Wildman–Crippen MR) is 38.4 cm³/mol. The SMILES string of the molecule is O=C([O-])Cc1cnc(Br)cn1.[Li+]. The first kappa shape index (κ1) is 11.6. The third kappa shape index (κ3) is 3.86. The van der Waals surface area contributed by atoms with E-state index in [1.165, 1.54) is 12.4 Å². The van der Waals surface area contributed by atoms with Gasteiger partial charge < -0.3 is 9.90 Å². The molecule has 0 unspecified atom stereocenters. The molecule has 1 aromatic rings. The topological polar surface area (TPSA) is 65.9 Å². The summed E-state index contributed by atoms with van der Waals surface area (Å²) in [5, 5.41) is 10.1. The Balaban J connectivity index is 0.00000121. The third-order valence-electron chi connectivity index (χ3n) is 0.999. The van der Waals surface area contributed by atoms with Crippen molar-refractivity contribution in [3.8, 4) is 0 Å². The maximum Gasteiger partial charge on any atom is 1.00 e. The van der Waals surface area contributed by atoms with Crippen LogP contribution in [0.3, 0.4) is 0 Å². The van der Waals surface area contributed by atoms with Gasteiger partial charge in [0.1, 0.15) is 4.60 Å². The zero-order valence-electron chi connectivity index (χ0n) is 6.45. The quantitative estimate of drug-likeness (QED) is 0.488. The summed E-state index contributed by atoms with van der Waals surface area (Å²) in [6.07, 6.45) is 2.64. The van der Waals surface area contributed by atoms with Crippen LogP contribution in [-0.2, 0) is 11.2 Å². The molecule has 12 heavy (non-hydrogen) atoms. The van der Waals surface area contributed by atoms with E-state index in [0.29, 0.717) is 10.3 Å². The number of carboxylic acids is 1. The molecular formula is C6H4BrLiN2O2. The molecular weight excluding hydrogens is 219 g/mol. The van der Waals surface area contributed by atoms with Crippen LogP contribution in [0.4, 0.5) is 0 Å². The fourth-order valence-corrected chi connectivity index (χ4v) is 0.783. The average molecular weight is 223 g/mol. The van der Waals surface area contributed by atoms with Crippen molar-refractivity contribution >= 4 is 21.9 Å². The molecule has 0 aromatic carbocycles. The van der Waals surface area contributed by atoms with Crippen LogP contribution in [-0.4, -0.2) is 15.9 Å². The summed E-state index contributed by atoms with van der Waals surface area (Å²) in [5.74, 6) is -1.15. The Labute approximate surface area is 89.7 Å². The molecule has 4 nitrogen and oxygen atoms in total. The Bertz CT molecular complexity index is 265. The molecule has 1 heterocycles. The van der Waals surface area contributed by atoms with E-state index in [0.717, 1.165) is 0 Å². The maximum absolute atomic E-state index is 10.1. The predicted octanol–water partition coefficient (Wildman–Crippen LogP) is -3.46. The van der Waals surface area contributed by atoms with E-state index in [2.05, 4.69) is 25.9 Å². The Morgan fingerprint density at radius 2 is 2.17 bits per heavy atom. The minimum atomic E-state index is -1.15. The first-order valence-electron chi connectivity index (χ1n) is 2.85. The molecule has 0 aliphatic carbocycles. The number of halogens is 1. The van der Waals surface area contributed by atoms with Crippen LogP contribution in [0.5, 0.6) is 0 Å². The minimum absolute atomic E-state index is 0. The van der Waals surface area contributed by atoms with Crippen LogP contribution < -0.4 is 24.0 Å². The van der Waals surface area contributed by atoms with Crippen LogP contribution >= 0.6 is 15.9 Å². The number of rotatable bonds is 2. The zero-order chi connectivity index (χ0) is 8.27. The summed E-state index contributed by atoms with van der Waals surface area (Å²) in [5.41, 5.74) is 0.396. The average Bonchev–Trinajstić information content (AvgIpc) is 1.93. The molecule has 0 aliphatic rings. The van der Waals surface area contributed by atoms with Crippen LogP contribution in [0.25, 0.3) is 0 Å². The van der Waals surface area contributed by atoms with Gasteiger partial charge in [-0.1, -0.05) is 0 Å². The molecule has 0 saturated carbocycles. The number of hydrogen-bond donors (Lipinski definition) is 0. The molecule has 0 N–H and O–H groups in total. The fourth-order valence-electron chi connectivity index (χ4n) is 0.578. The van der Waals surface area contributed by atoms with Crippen molar-refractivity contribution in [1.29, 1.82) is 0 Å². The van der Waals surface area contributed by atoms with Gasteiger partial charge >= 0.3 is 18.9 Å². The van der Waals surface area contributed by atoms with Gasteiger partial charge in [-0.2, -0.15) is 0 Å². The molecule has 0 atom stereocenters. The van der Waals surface area contributed by atoms with Crippen LogP contribution in [0.2, 0.25) is 0 Å². The molecule has 0 spiro atoms. The summed E-state index contributed by atoms with van der Waals surface area (Å²) >= 11 is 3.07. The molecule has 58 valence electrons. The normalized spacial score (nSPS) is 8.75. The van der Waals surface area contributed by atoms with E-state index in [1.807, 2.05) is 0 Å². The van der Waals surface area contributed by atoms with Crippen LogP contribution in [0.15, 0.2) is 17.0 Å². The van der Waals surface area contributed by atoms with Gasteiger partial charge in [-0.05, 0) is 15.9 Å². The van der Waals surface area contributed by atoms with Crippen molar-refractivity contribution in [1.82, 2.24) is 9.97 Å². The molecule has 0 amide bonds. The van der Waals surface area contributed by atoms with Crippen LogP contribution in [0.1, 0.15) is 5.69 Å². The van der Waals surface area contributed by atoms with Gasteiger partial charge in [0, 0.05) is 12.4 Å². The number of hydrogen-bond acceptors (Lipinski definition) is 4. The second-order valence-corrected chi connectivity index (χ2v) is 2.69. The number of carboxylic acid groups (broad SMARTS) is 1. The molecule has 0 radical (unpaired) electrons. The van der Waals surface area contributed by atoms with Crippen molar-refractivity contribution < 1.29 is 28.8 Å². The van der Waals surface area contributed by atoms with E-state index in [9.17, 15) is 9.90 Å². The van der Waals surface area contributed by atoms with Crippen molar-refractivity contribution in [2.24, 2.45) is 0 Å². The van der Waals surface area contributed by atoms with Crippen molar-refractivity contribution in [2.45, 2.75) is 6.42 Å². The first-order valence-corrected chi connectivity index (χ1v) is 3.64. The second-order valence-electron chi connectivity index (χ2n) is 1.88. The largest absolute Gasteiger partial charge is 1.00 e. The molecule has 6 heteroatoms. The standard InChI is InChI=1S/C6H5BrN2O2.Li/c7-5-3-8-4(2-9-5)1-6(10)11;/h2-3H,1H2,(H,10,11);/q;+1/p-1. The summed E-state index contributed by atoms with van der Waals surface area (Å²) in [7, 11) is 0. The molecule has 0 fully saturated rings. The molecule has 0 bridgehead atoms. The van der Waals surface area contributed by atoms with Gasteiger partial charge in [-0.3, -0.25) is 4.98 Å². The summed E-state index contributed by atoms with van der Waals surface area (Å²) in [4.78, 5) is 17.6. The Morgan fingerprint density at radius 3 is 2.58 bits per heavy atom. The second kappa shape index (κ2) is 5.30. The fraction of sp³-hybridized carbons (Fsp3) is 0.167. The summed E-state index contributed by atoms with van der Waals surface area (Å²) < 4.78 is 0.583. The molecule has 1 aromatic heterocycles. The van der Waals surface area contributed by atoms with Gasteiger partial charge in [-0.15, -0.1) is 0 Å². The monoisotopic (exact) mass is 222 g/mol. The van der Waals surface area contributed by atoms with E-state index in [-0.39, 0.29) is 25.3 Å². The Kier molecular flexibility index (Phi) is 5.14. The first-order chi connectivity index (χ1) is 5.18. The van der Waals surface area contributed by atoms with E-state index in [1.54, 1.807) is 0 Å². The van der Waals surface area contributed by atoms with Gasteiger partial charge in [-0.25, -0.2) is 4.98 Å². The molecule has 1 rings (SSSR count). The summed E-state index contributed by atoms with van der Waals surface area (Å²) in [6, 6.07) is 0. The number of aromatic nitrogens is 2. The molecule has 0 saturated heterocycles. The van der Waals surface area contributed by atoms with Crippen molar-refractivity contribution in [2.75, 3.05) is 0 Å². The van der Waals surface area contributed by atoms with E-state index < -0.39 is 5.97 Å². The number of carbonyl (C=O) groups excluding carboxylic acids is 1. The van der Waals surface area contributed by atoms with Gasteiger partial charge in [0.15, 0.2) is 0 Å². The zero-order valence-corrected chi connectivity index (χ0v) is 8.04. The van der Waals surface area contributed by atoms with Crippen LogP contribution in [0, 0.1) is 0 Å². The van der Waals surface area contributed by atoms with E-state index in [4.69, 9.17) is 0 Å². The summed E-state index contributed by atoms with van der Waals surface area (Å²) in [6.45, 7) is 0. The number of carbonyl (C=O) groups is 1. The maximum atomic E-state index is 10.1. The number of nitrogens with zero attached hydrogens (tertiary/aromatic N) is 2. The van der Waals surface area contributed by atoms with Crippen molar-refractivity contribution in [3.63, 3.8) is 0 Å². The Morgan fingerprint density at radius 1 is 1.50 bits per heavy atom. The van der Waals surface area contributed by atoms with E-state index >= 15 is 0 Å². The minimum Gasteiger partial charge on any atom is -0.550 e. The van der Waals surface area contributed by atoms with Gasteiger partial charge in [0.25, 0.3) is 0 Å². The van der Waals surface area contributed by atoms with Gasteiger partial charge in [0.2, 0.25) is 0 Å².